The molecule has 2 heterocycles. The molecule has 0 aliphatic rings. The highest BCUT2D eigenvalue weighted by Gasteiger charge is 2.05. The van der Waals surface area contributed by atoms with Gasteiger partial charge in [-0.05, 0) is 24.6 Å². The lowest BCUT2D eigenvalue weighted by molar-refractivity contribution is 0.318. The number of H-pyrrole nitrogens is 1. The van der Waals surface area contributed by atoms with Crippen LogP contribution in [0.2, 0.25) is 0 Å². The summed E-state index contributed by atoms with van der Waals surface area (Å²) in [4.78, 5) is 8.20. The Bertz CT molecular complexity index is 567. The van der Waals surface area contributed by atoms with Crippen LogP contribution in [0, 0.1) is 6.92 Å². The first-order valence-corrected chi connectivity index (χ1v) is 6.12. The van der Waals surface area contributed by atoms with Gasteiger partial charge in [0.25, 0.3) is 0 Å². The minimum atomic E-state index is -0.00408. The van der Waals surface area contributed by atoms with E-state index in [-0.39, 0.29) is 5.84 Å². The number of aromatic nitrogens is 4. The molecule has 7 nitrogen and oxygen atoms in total. The van der Waals surface area contributed by atoms with Gasteiger partial charge >= 0.3 is 0 Å². The Morgan fingerprint density at radius 3 is 3.11 bits per heavy atom. The van der Waals surface area contributed by atoms with Gasteiger partial charge in [-0.2, -0.15) is 0 Å². The molecule has 0 atom stereocenters. The number of hydrogen-bond acceptors (Lipinski definition) is 6. The van der Waals surface area contributed by atoms with Gasteiger partial charge in [0.15, 0.2) is 5.84 Å². The third-order valence-electron chi connectivity index (χ3n) is 2.14. The van der Waals surface area contributed by atoms with Gasteiger partial charge in [0.05, 0.1) is 0 Å². The van der Waals surface area contributed by atoms with Crippen LogP contribution in [0.4, 0.5) is 0 Å². The Kier molecular flexibility index (Phi) is 3.78. The van der Waals surface area contributed by atoms with Crippen LogP contribution in [0.15, 0.2) is 28.6 Å². The molecule has 0 unspecified atom stereocenters. The molecule has 2 rings (SSSR count). The fourth-order valence-electron chi connectivity index (χ4n) is 1.29. The molecule has 0 aromatic carbocycles. The maximum Gasteiger partial charge on any atom is 0.208 e. The predicted octanol–water partition coefficient (Wildman–Crippen LogP) is 0.895. The van der Waals surface area contributed by atoms with Gasteiger partial charge in [-0.3, -0.25) is 10.1 Å². The third kappa shape index (κ3) is 2.98. The summed E-state index contributed by atoms with van der Waals surface area (Å²) in [7, 11) is 0. The van der Waals surface area contributed by atoms with Crippen molar-refractivity contribution in [3.05, 3.63) is 35.4 Å². The van der Waals surface area contributed by atoms with Crippen molar-refractivity contribution in [2.45, 2.75) is 17.8 Å². The van der Waals surface area contributed by atoms with E-state index < -0.39 is 0 Å². The van der Waals surface area contributed by atoms with E-state index in [1.165, 1.54) is 11.8 Å². The molecule has 0 saturated heterocycles. The Morgan fingerprint density at radius 2 is 2.44 bits per heavy atom. The summed E-state index contributed by atoms with van der Waals surface area (Å²) >= 11 is 1.50. The molecule has 2 aromatic rings. The lowest BCUT2D eigenvalue weighted by Crippen LogP contribution is -2.15. The Balaban J connectivity index is 2.05. The quantitative estimate of drug-likeness (QED) is 0.248. The van der Waals surface area contributed by atoms with E-state index in [4.69, 9.17) is 10.9 Å². The van der Waals surface area contributed by atoms with Gasteiger partial charge in [-0.25, -0.2) is 4.98 Å². The number of amidine groups is 1. The second kappa shape index (κ2) is 5.50. The monoisotopic (exact) mass is 264 g/mol. The highest BCUT2D eigenvalue weighted by atomic mass is 32.2. The largest absolute Gasteiger partial charge is 0.409 e. The van der Waals surface area contributed by atoms with Crippen molar-refractivity contribution in [1.29, 1.82) is 0 Å². The molecule has 0 amide bonds. The van der Waals surface area contributed by atoms with Gasteiger partial charge in [0, 0.05) is 11.9 Å². The molecule has 2 aromatic heterocycles. The predicted molar refractivity (Wildman–Crippen MR) is 67.4 cm³/mol. The average molecular weight is 264 g/mol. The van der Waals surface area contributed by atoms with Gasteiger partial charge in [-0.1, -0.05) is 16.9 Å². The summed E-state index contributed by atoms with van der Waals surface area (Å²) in [6.07, 6.45) is 1.62. The summed E-state index contributed by atoms with van der Waals surface area (Å²) in [6.45, 7) is 1.85. The molecule has 0 aliphatic heterocycles. The zero-order chi connectivity index (χ0) is 13.0. The number of aryl methyl sites for hydroxylation is 1. The number of nitrogens with two attached hydrogens (primary N) is 1. The second-order valence-corrected chi connectivity index (χ2v) is 4.47. The third-order valence-corrected chi connectivity index (χ3v) is 3.06. The van der Waals surface area contributed by atoms with Crippen LogP contribution in [0.5, 0.6) is 0 Å². The zero-order valence-corrected chi connectivity index (χ0v) is 10.5. The number of pyridine rings is 1. The molecule has 8 heteroatoms. The number of hydrogen-bond donors (Lipinski definition) is 3. The number of thioether (sulfide) groups is 1. The van der Waals surface area contributed by atoms with Gasteiger partial charge in [0.2, 0.25) is 5.16 Å². The SMILES string of the molecule is Cc1nc(SCc2ccnc(C(N)=NO)c2)n[nH]1. The van der Waals surface area contributed by atoms with Crippen LogP contribution in [-0.2, 0) is 5.75 Å². The number of oxime groups is 1. The first kappa shape index (κ1) is 12.4. The summed E-state index contributed by atoms with van der Waals surface area (Å²) in [6, 6.07) is 3.63. The summed E-state index contributed by atoms with van der Waals surface area (Å²) < 4.78 is 0. The highest BCUT2D eigenvalue weighted by molar-refractivity contribution is 7.98. The molecule has 0 radical (unpaired) electrons. The lowest BCUT2D eigenvalue weighted by atomic mass is 10.2. The molecule has 0 fully saturated rings. The van der Waals surface area contributed by atoms with Crippen LogP contribution in [0.3, 0.4) is 0 Å². The minimum absolute atomic E-state index is 0.00408. The summed E-state index contributed by atoms with van der Waals surface area (Å²) in [5.41, 5.74) is 6.92. The maximum atomic E-state index is 8.58. The van der Waals surface area contributed by atoms with E-state index in [0.29, 0.717) is 16.6 Å². The van der Waals surface area contributed by atoms with Crippen LogP contribution in [0.25, 0.3) is 0 Å². The minimum Gasteiger partial charge on any atom is -0.409 e. The summed E-state index contributed by atoms with van der Waals surface area (Å²) in [5, 5.41) is 19.0. The van der Waals surface area contributed by atoms with Gasteiger partial charge in [0.1, 0.15) is 11.5 Å². The summed E-state index contributed by atoms with van der Waals surface area (Å²) in [5.74, 6) is 1.46. The van der Waals surface area contributed by atoms with Crippen LogP contribution < -0.4 is 5.73 Å². The standard InChI is InChI=1S/C10H12N6OS/c1-6-13-10(15-14-6)18-5-7-2-3-12-8(4-7)9(11)16-17/h2-4,17H,5H2,1H3,(H2,11,16)(H,13,14,15). The van der Waals surface area contributed by atoms with Crippen molar-refractivity contribution in [1.82, 2.24) is 20.2 Å². The molecular weight excluding hydrogens is 252 g/mol. The van der Waals surface area contributed by atoms with Gasteiger partial charge < -0.3 is 10.9 Å². The highest BCUT2D eigenvalue weighted by Crippen LogP contribution is 2.18. The van der Waals surface area contributed by atoms with E-state index in [9.17, 15) is 0 Å². The molecule has 0 saturated carbocycles. The van der Waals surface area contributed by atoms with Crippen molar-refractivity contribution in [3.63, 3.8) is 0 Å². The molecule has 0 spiro atoms. The molecule has 18 heavy (non-hydrogen) atoms. The number of aromatic amines is 1. The van der Waals surface area contributed by atoms with Crippen molar-refractivity contribution < 1.29 is 5.21 Å². The Morgan fingerprint density at radius 1 is 1.61 bits per heavy atom. The topological polar surface area (TPSA) is 113 Å². The van der Waals surface area contributed by atoms with Gasteiger partial charge in [-0.15, -0.1) is 5.10 Å². The second-order valence-electron chi connectivity index (χ2n) is 3.53. The average Bonchev–Trinajstić information content (AvgIpc) is 2.81. The lowest BCUT2D eigenvalue weighted by Gasteiger charge is -2.01. The fourth-order valence-corrected chi connectivity index (χ4v) is 2.08. The van der Waals surface area contributed by atoms with E-state index in [0.717, 1.165) is 11.4 Å². The maximum absolute atomic E-state index is 8.58. The van der Waals surface area contributed by atoms with E-state index >= 15 is 0 Å². The number of rotatable bonds is 4. The van der Waals surface area contributed by atoms with E-state index in [1.807, 2.05) is 13.0 Å². The first-order chi connectivity index (χ1) is 8.69. The number of nitrogens with one attached hydrogen (secondary N) is 1. The first-order valence-electron chi connectivity index (χ1n) is 5.13. The number of nitrogens with zero attached hydrogens (tertiary/aromatic N) is 4. The van der Waals surface area contributed by atoms with Crippen LogP contribution in [0.1, 0.15) is 17.1 Å². The van der Waals surface area contributed by atoms with Crippen molar-refractivity contribution in [2.75, 3.05) is 0 Å². The normalized spacial score (nSPS) is 11.7. The van der Waals surface area contributed by atoms with Crippen LogP contribution in [-0.4, -0.2) is 31.2 Å². The van der Waals surface area contributed by atoms with E-state index in [1.54, 1.807) is 12.3 Å². The van der Waals surface area contributed by atoms with Crippen molar-refractivity contribution >= 4 is 17.6 Å². The molecular formula is C10H12N6OS. The van der Waals surface area contributed by atoms with Crippen molar-refractivity contribution in [2.24, 2.45) is 10.9 Å². The fraction of sp³-hybridized carbons (Fsp3) is 0.200. The molecule has 94 valence electrons. The zero-order valence-electron chi connectivity index (χ0n) is 9.66. The Hall–Kier alpha value is -2.09. The van der Waals surface area contributed by atoms with Crippen molar-refractivity contribution in [3.8, 4) is 0 Å². The smallest absolute Gasteiger partial charge is 0.208 e. The van der Waals surface area contributed by atoms with E-state index in [2.05, 4.69) is 25.3 Å². The Labute approximate surface area is 108 Å². The van der Waals surface area contributed by atoms with Crippen LogP contribution >= 0.6 is 11.8 Å². The molecule has 4 N–H and O–H groups in total. The molecule has 0 bridgehead atoms. The molecule has 0 aliphatic carbocycles.